The maximum absolute atomic E-state index is 12.8. The van der Waals surface area contributed by atoms with E-state index in [1.54, 1.807) is 150 Å². The quantitative estimate of drug-likeness (QED) is 0.0439. The Morgan fingerprint density at radius 2 is 0.755 bits per heavy atom. The van der Waals surface area contributed by atoms with E-state index in [0.717, 1.165) is 19.3 Å². The van der Waals surface area contributed by atoms with Crippen molar-refractivity contribution in [3.05, 3.63) is 248 Å². The number of ether oxygens (including phenoxy) is 3. The first-order chi connectivity index (χ1) is 44.7. The Hall–Kier alpha value is -8.56. The van der Waals surface area contributed by atoms with Crippen LogP contribution >= 0.6 is 58.0 Å². The Labute approximate surface area is 567 Å². The number of halogens is 5. The molecule has 0 spiro atoms. The summed E-state index contributed by atoms with van der Waals surface area (Å²) in [6.45, 7) is 1.42. The molecule has 1 aliphatic rings. The molecule has 0 aliphatic carbocycles. The van der Waals surface area contributed by atoms with Gasteiger partial charge in [-0.2, -0.15) is 0 Å². The van der Waals surface area contributed by atoms with Crippen molar-refractivity contribution >= 4 is 129 Å². The van der Waals surface area contributed by atoms with E-state index in [2.05, 4.69) is 16.0 Å². The number of piperidine rings is 1. The predicted molar refractivity (Wildman–Crippen MR) is 364 cm³/mol. The Kier molecular flexibility index (Phi) is 24.7. The minimum atomic E-state index is -4.19. The summed E-state index contributed by atoms with van der Waals surface area (Å²) >= 11 is 30.1. The fraction of sp³-hybridized carbons (Fsp3) is 0.121. The zero-order chi connectivity index (χ0) is 67.7. The zero-order valence-electron chi connectivity index (χ0n) is 49.3. The third-order valence-electron chi connectivity index (χ3n) is 13.6. The van der Waals surface area contributed by atoms with Crippen molar-refractivity contribution in [2.75, 3.05) is 29.0 Å². The van der Waals surface area contributed by atoms with Crippen molar-refractivity contribution < 1.29 is 58.6 Å². The monoisotopic (exact) mass is 1430 g/mol. The van der Waals surface area contributed by atoms with E-state index in [-0.39, 0.29) is 97.6 Å². The number of anilines is 3. The number of likely N-dealkylation sites (tertiary alicyclic amines) is 1. The molecule has 0 atom stereocenters. The number of nitrogens with zero attached hydrogens (tertiary/aromatic N) is 1. The third-order valence-corrected chi connectivity index (χ3v) is 18.0. The van der Waals surface area contributed by atoms with Gasteiger partial charge in [0.15, 0.2) is 0 Å². The largest absolute Gasteiger partial charge is 0.456 e. The van der Waals surface area contributed by atoms with Gasteiger partial charge in [0.1, 0.15) is 49.2 Å². The highest BCUT2D eigenvalue weighted by atomic mass is 35.5. The Bertz CT molecular complexity index is 4620. The highest BCUT2D eigenvalue weighted by Gasteiger charge is 2.24. The lowest BCUT2D eigenvalue weighted by molar-refractivity contribution is -0.116. The molecular formula is C66H58Cl5N7O13S3. The van der Waals surface area contributed by atoms with Crippen LogP contribution in [0, 0.1) is 0 Å². The van der Waals surface area contributed by atoms with Crippen molar-refractivity contribution in [1.82, 2.24) is 4.90 Å². The third kappa shape index (κ3) is 21.0. The van der Waals surface area contributed by atoms with E-state index in [0.29, 0.717) is 72.0 Å². The molecule has 1 heterocycles. The summed E-state index contributed by atoms with van der Waals surface area (Å²) in [6.07, 6.45) is 3.14. The molecule has 0 aromatic heterocycles. The van der Waals surface area contributed by atoms with E-state index in [1.807, 2.05) is 0 Å². The molecule has 9 aromatic rings. The van der Waals surface area contributed by atoms with E-state index in [1.165, 1.54) is 54.6 Å². The lowest BCUT2D eigenvalue weighted by Crippen LogP contribution is -2.35. The molecule has 0 radical (unpaired) electrons. The molecule has 20 nitrogen and oxygen atoms in total. The summed E-state index contributed by atoms with van der Waals surface area (Å²) in [7, 11) is -12.4. The summed E-state index contributed by atoms with van der Waals surface area (Å²) in [5.74, 6) is -0.247. The lowest BCUT2D eigenvalue weighted by Gasteiger charge is -2.26. The molecule has 0 bridgehead atoms. The number of nitrogens with two attached hydrogens (primary N) is 3. The van der Waals surface area contributed by atoms with Gasteiger partial charge in [-0.3, -0.25) is 19.2 Å². The number of carbonyl (C=O) groups excluding carboxylic acids is 4. The average molecular weight is 1430 g/mol. The predicted octanol–water partition coefficient (Wildman–Crippen LogP) is 13.8. The number of amides is 4. The van der Waals surface area contributed by atoms with Gasteiger partial charge in [-0.05, 0) is 163 Å². The second kappa shape index (κ2) is 32.5. The number of hydrogen-bond acceptors (Lipinski definition) is 13. The standard InChI is InChI=1S/C26H26ClN3O5S.2C20H16Cl2N2O4S/c27-22-10-3-2-7-18(22)16-25(31)29-20-11-12-23(24(17-20)36(28,33)34)35-21-9-6-8-19(15-21)26(32)30-13-4-1-5-14-30;21-15-6-2-1-5-13(15)11-20(25)24-14-9-10-18(19(12-14)29(23,26)27)28-17-8-4-3-7-16(17)22;21-14-5-8-16(9-6-14)28-18-10-7-15(12-19(18)29(23,26)27)24-20(25)11-13-3-1-2-4-17(13)22/h2-3,6-12,15,17H,1,4-5,13-14,16H2,(H,29,31)(H2,28,33,34);2*1-10,12H,11H2,(H,24,25)(H2,23,26,27). The van der Waals surface area contributed by atoms with E-state index in [4.69, 9.17) is 87.6 Å². The van der Waals surface area contributed by atoms with Gasteiger partial charge >= 0.3 is 0 Å². The summed E-state index contributed by atoms with van der Waals surface area (Å²) in [6, 6.07) is 52.9. The molecule has 1 fully saturated rings. The highest BCUT2D eigenvalue weighted by Crippen LogP contribution is 2.36. The van der Waals surface area contributed by atoms with Crippen molar-refractivity contribution in [2.45, 2.75) is 53.2 Å². The maximum atomic E-state index is 12.8. The van der Waals surface area contributed by atoms with Crippen LogP contribution in [-0.2, 0) is 63.7 Å². The van der Waals surface area contributed by atoms with Crippen molar-refractivity contribution in [1.29, 1.82) is 0 Å². The maximum Gasteiger partial charge on any atom is 0.253 e. The fourth-order valence-electron chi connectivity index (χ4n) is 9.11. The molecule has 9 N–H and O–H groups in total. The normalized spacial score (nSPS) is 12.1. The number of nitrogens with one attached hydrogen (secondary N) is 3. The van der Waals surface area contributed by atoms with Crippen LogP contribution in [-0.4, -0.2) is 66.9 Å². The molecule has 9 aromatic carbocycles. The second-order valence-corrected chi connectivity index (χ2v) is 27.3. The molecule has 4 amide bonds. The molecule has 1 saturated heterocycles. The smallest absolute Gasteiger partial charge is 0.253 e. The molecule has 10 rings (SSSR count). The molecule has 0 unspecified atom stereocenters. The first-order valence-electron chi connectivity index (χ1n) is 28.2. The lowest BCUT2D eigenvalue weighted by atomic mass is 10.1. The van der Waals surface area contributed by atoms with Gasteiger partial charge in [0.05, 0.1) is 24.3 Å². The van der Waals surface area contributed by atoms with Gasteiger partial charge in [0.2, 0.25) is 47.8 Å². The number of rotatable bonds is 19. The molecule has 488 valence electrons. The number of primary sulfonamides is 3. The van der Waals surface area contributed by atoms with Crippen molar-refractivity contribution in [3.8, 4) is 34.5 Å². The average Bonchev–Trinajstić information content (AvgIpc) is 0.833. The number of carbonyl (C=O) groups is 4. The van der Waals surface area contributed by atoms with Crippen LogP contribution in [0.15, 0.2) is 215 Å². The van der Waals surface area contributed by atoms with Gasteiger partial charge in [0, 0.05) is 55.8 Å². The molecule has 1 aliphatic heterocycles. The molecule has 28 heteroatoms. The van der Waals surface area contributed by atoms with E-state index >= 15 is 0 Å². The Balaban J connectivity index is 0.000000183. The van der Waals surface area contributed by atoms with Crippen LogP contribution in [0.1, 0.15) is 46.3 Å². The number of sulfonamides is 3. The SMILES string of the molecule is NS(=O)(=O)c1cc(NC(=O)Cc2ccccc2Cl)ccc1Oc1ccc(Cl)cc1.NS(=O)(=O)c1cc(NC(=O)Cc2ccccc2Cl)ccc1Oc1cccc(C(=O)N2CCCCC2)c1.NS(=O)(=O)c1cc(NC(=O)Cc2ccccc2Cl)ccc1Oc1ccccc1Cl. The Morgan fingerprint density at radius 3 is 1.15 bits per heavy atom. The van der Waals surface area contributed by atoms with Crippen LogP contribution in [0.5, 0.6) is 34.5 Å². The van der Waals surface area contributed by atoms with Crippen LogP contribution in [0.25, 0.3) is 0 Å². The van der Waals surface area contributed by atoms with Gasteiger partial charge in [-0.25, -0.2) is 40.7 Å². The van der Waals surface area contributed by atoms with Crippen LogP contribution in [0.4, 0.5) is 17.1 Å². The number of para-hydroxylation sites is 1. The van der Waals surface area contributed by atoms with E-state index < -0.39 is 30.1 Å². The van der Waals surface area contributed by atoms with Gasteiger partial charge < -0.3 is 35.1 Å². The van der Waals surface area contributed by atoms with Gasteiger partial charge in [-0.15, -0.1) is 0 Å². The number of benzene rings is 9. The van der Waals surface area contributed by atoms with E-state index in [9.17, 15) is 44.4 Å². The summed E-state index contributed by atoms with van der Waals surface area (Å²) in [5, 5.41) is 26.2. The Morgan fingerprint density at radius 1 is 0.383 bits per heavy atom. The van der Waals surface area contributed by atoms with Crippen LogP contribution in [0.3, 0.4) is 0 Å². The van der Waals surface area contributed by atoms with Gasteiger partial charge in [-0.1, -0.05) is 131 Å². The highest BCUT2D eigenvalue weighted by molar-refractivity contribution is 7.89. The van der Waals surface area contributed by atoms with Crippen molar-refractivity contribution in [3.63, 3.8) is 0 Å². The fourth-order valence-corrected chi connectivity index (χ4v) is 12.1. The van der Waals surface area contributed by atoms with Crippen LogP contribution in [0.2, 0.25) is 25.1 Å². The minimum absolute atomic E-state index is 0.00953. The zero-order valence-corrected chi connectivity index (χ0v) is 55.5. The summed E-state index contributed by atoms with van der Waals surface area (Å²) in [4.78, 5) is 50.9. The van der Waals surface area contributed by atoms with Crippen LogP contribution < -0.4 is 45.6 Å². The molecule has 0 saturated carbocycles. The first-order valence-corrected chi connectivity index (χ1v) is 34.7. The second-order valence-electron chi connectivity index (χ2n) is 20.6. The minimum Gasteiger partial charge on any atom is -0.456 e. The van der Waals surface area contributed by atoms with Gasteiger partial charge in [0.25, 0.3) is 5.91 Å². The molecule has 94 heavy (non-hydrogen) atoms. The topological polar surface area (TPSA) is 316 Å². The molecular weight excluding hydrogens is 1370 g/mol. The first kappa shape index (κ1) is 71.3. The summed E-state index contributed by atoms with van der Waals surface area (Å²) < 4.78 is 89.8. The van der Waals surface area contributed by atoms with Crippen molar-refractivity contribution in [2.24, 2.45) is 15.4 Å². The number of hydrogen-bond donors (Lipinski definition) is 6. The summed E-state index contributed by atoms with van der Waals surface area (Å²) in [5.41, 5.74) is 3.14.